The third-order valence-corrected chi connectivity index (χ3v) is 9.92. The van der Waals surface area contributed by atoms with Crippen LogP contribution in [0.5, 0.6) is 0 Å². The maximum absolute atomic E-state index is 13.2. The number of esters is 1. The summed E-state index contributed by atoms with van der Waals surface area (Å²) in [6.45, 7) is 4.93. The van der Waals surface area contributed by atoms with Crippen molar-refractivity contribution in [3.63, 3.8) is 0 Å². The fourth-order valence-corrected chi connectivity index (χ4v) is 7.30. The van der Waals surface area contributed by atoms with Crippen molar-refractivity contribution in [1.82, 2.24) is 30.0 Å². The number of rotatable bonds is 12. The first kappa shape index (κ1) is 33.0. The topological polar surface area (TPSA) is 87.7 Å². The fourth-order valence-electron chi connectivity index (χ4n) is 7.30. The zero-order chi connectivity index (χ0) is 35.5. The van der Waals surface area contributed by atoms with E-state index < -0.39 is 5.54 Å². The van der Waals surface area contributed by atoms with Crippen LogP contribution in [-0.4, -0.2) is 42.6 Å². The van der Waals surface area contributed by atoms with Crippen molar-refractivity contribution >= 4 is 5.97 Å². The number of nitrogens with zero attached hydrogens (tertiary/aromatic N) is 6. The Kier molecular flexibility index (Phi) is 9.04. The molecule has 0 aliphatic heterocycles. The Morgan fingerprint density at radius 2 is 1.27 bits per heavy atom. The minimum Gasteiger partial charge on any atom is -0.462 e. The van der Waals surface area contributed by atoms with E-state index in [4.69, 9.17) is 25.2 Å². The molecule has 0 amide bonds. The first-order valence-electron chi connectivity index (χ1n) is 18.0. The van der Waals surface area contributed by atoms with E-state index in [1.165, 1.54) is 0 Å². The third-order valence-electron chi connectivity index (χ3n) is 9.92. The predicted octanol–water partition coefficient (Wildman–Crippen LogP) is 8.71. The molecular weight excluding hydrogens is 645 g/mol. The number of hydrogen-bond donors (Lipinski definition) is 0. The van der Waals surface area contributed by atoms with Crippen molar-refractivity contribution in [2.24, 2.45) is 0 Å². The number of carbonyl (C=O) groups is 1. The molecule has 0 atom stereocenters. The van der Waals surface area contributed by atoms with Crippen LogP contribution in [0.25, 0.3) is 22.5 Å². The highest BCUT2D eigenvalue weighted by molar-refractivity contribution is 5.92. The van der Waals surface area contributed by atoms with Gasteiger partial charge in [0.05, 0.1) is 18.0 Å². The highest BCUT2D eigenvalue weighted by atomic mass is 16.5. The lowest BCUT2D eigenvalue weighted by atomic mass is 9.77. The standard InChI is InChI=1S/C44H40N6O2/c1-3-49-39(40(43(51)52-4-2)41(46-49)33-28-29-33)30-31-24-26-32(27-25-31)37-22-14-15-23-38(37)42-45-48-50(47-42)44(34-16-8-5-9-17-34,35-18-10-6-11-19-35)36-20-12-7-13-21-36/h5-27,33H,3-4,28-30H2,1-2H3. The Balaban J connectivity index is 1.17. The summed E-state index contributed by atoms with van der Waals surface area (Å²) in [5.41, 5.74) is 8.67. The van der Waals surface area contributed by atoms with Gasteiger partial charge in [-0.3, -0.25) is 4.68 Å². The molecule has 1 aliphatic rings. The molecule has 0 saturated heterocycles. The minimum absolute atomic E-state index is 0.277. The zero-order valence-corrected chi connectivity index (χ0v) is 29.4. The van der Waals surface area contributed by atoms with Crippen molar-refractivity contribution in [2.75, 3.05) is 6.61 Å². The van der Waals surface area contributed by atoms with Gasteiger partial charge < -0.3 is 4.74 Å². The summed E-state index contributed by atoms with van der Waals surface area (Å²) in [7, 11) is 0. The van der Waals surface area contributed by atoms with Gasteiger partial charge in [0.2, 0.25) is 5.82 Å². The molecular formula is C44H40N6O2. The smallest absolute Gasteiger partial charge is 0.341 e. The SMILES string of the molecule is CCOC(=O)c1c(C2CC2)nn(CC)c1Cc1ccc(-c2ccccc2-c2nnn(C(c3ccccc3)(c3ccccc3)c3ccccc3)n2)cc1. The van der Waals surface area contributed by atoms with E-state index in [-0.39, 0.29) is 5.97 Å². The fraction of sp³-hybridized carbons (Fsp3) is 0.205. The van der Waals surface area contributed by atoms with Crippen LogP contribution in [0.2, 0.25) is 0 Å². The monoisotopic (exact) mass is 684 g/mol. The number of carbonyl (C=O) groups excluding carboxylic acids is 1. The van der Waals surface area contributed by atoms with Crippen molar-refractivity contribution in [2.45, 2.75) is 51.1 Å². The van der Waals surface area contributed by atoms with Crippen LogP contribution in [0.3, 0.4) is 0 Å². The summed E-state index contributed by atoms with van der Waals surface area (Å²) in [6.07, 6.45) is 2.71. The van der Waals surface area contributed by atoms with Crippen LogP contribution in [0.15, 0.2) is 140 Å². The van der Waals surface area contributed by atoms with Crippen molar-refractivity contribution < 1.29 is 9.53 Å². The van der Waals surface area contributed by atoms with Gasteiger partial charge in [0.15, 0.2) is 5.54 Å². The van der Waals surface area contributed by atoms with Crippen molar-refractivity contribution in [3.8, 4) is 22.5 Å². The summed E-state index contributed by atoms with van der Waals surface area (Å²) in [4.78, 5) is 14.9. The van der Waals surface area contributed by atoms with E-state index in [0.29, 0.717) is 36.9 Å². The van der Waals surface area contributed by atoms with E-state index in [1.807, 2.05) is 84.4 Å². The Bertz CT molecular complexity index is 2200. The summed E-state index contributed by atoms with van der Waals surface area (Å²) >= 11 is 0. The zero-order valence-electron chi connectivity index (χ0n) is 29.4. The molecule has 5 aromatic carbocycles. The molecule has 1 fully saturated rings. The van der Waals surface area contributed by atoms with Crippen LogP contribution >= 0.6 is 0 Å². The third kappa shape index (κ3) is 6.00. The second-order valence-corrected chi connectivity index (χ2v) is 13.1. The van der Waals surface area contributed by atoms with E-state index in [2.05, 4.69) is 73.7 Å². The molecule has 1 aliphatic carbocycles. The summed E-state index contributed by atoms with van der Waals surface area (Å²) < 4.78 is 7.47. The summed E-state index contributed by atoms with van der Waals surface area (Å²) in [6, 6.07) is 47.8. The largest absolute Gasteiger partial charge is 0.462 e. The number of tetrazole rings is 1. The molecule has 2 aromatic heterocycles. The summed E-state index contributed by atoms with van der Waals surface area (Å²) in [5, 5.41) is 19.5. The van der Waals surface area contributed by atoms with E-state index in [9.17, 15) is 4.79 Å². The molecule has 0 unspecified atom stereocenters. The van der Waals surface area contributed by atoms with Gasteiger partial charge in [0.25, 0.3) is 0 Å². The molecule has 1 saturated carbocycles. The van der Waals surface area contributed by atoms with E-state index in [1.54, 1.807) is 4.80 Å². The second kappa shape index (κ2) is 14.2. The van der Waals surface area contributed by atoms with Crippen LogP contribution < -0.4 is 0 Å². The van der Waals surface area contributed by atoms with Gasteiger partial charge >= 0.3 is 5.97 Å². The summed E-state index contributed by atoms with van der Waals surface area (Å²) in [5.74, 6) is 0.598. The van der Waals surface area contributed by atoms with Crippen molar-refractivity contribution in [3.05, 3.63) is 179 Å². The number of aromatic nitrogens is 6. The highest BCUT2D eigenvalue weighted by Crippen LogP contribution is 2.43. The van der Waals surface area contributed by atoms with Gasteiger partial charge in [-0.25, -0.2) is 4.79 Å². The first-order chi connectivity index (χ1) is 25.6. The molecule has 0 bridgehead atoms. The van der Waals surface area contributed by atoms with Crippen LogP contribution in [0.1, 0.15) is 76.6 Å². The molecule has 8 heteroatoms. The van der Waals surface area contributed by atoms with Gasteiger partial charge in [0.1, 0.15) is 5.56 Å². The molecule has 2 heterocycles. The van der Waals surface area contributed by atoms with E-state index in [0.717, 1.165) is 63.2 Å². The lowest BCUT2D eigenvalue weighted by Gasteiger charge is -2.34. The second-order valence-electron chi connectivity index (χ2n) is 13.1. The Hall–Kier alpha value is -6.15. The molecule has 8 nitrogen and oxygen atoms in total. The molecule has 7 aromatic rings. The van der Waals surface area contributed by atoms with Crippen LogP contribution in [0.4, 0.5) is 0 Å². The lowest BCUT2D eigenvalue weighted by Crippen LogP contribution is -2.39. The molecule has 0 spiro atoms. The van der Waals surface area contributed by atoms with Crippen molar-refractivity contribution in [1.29, 1.82) is 0 Å². The van der Waals surface area contributed by atoms with Gasteiger partial charge in [-0.2, -0.15) is 5.10 Å². The van der Waals surface area contributed by atoms with E-state index >= 15 is 0 Å². The quantitative estimate of drug-likeness (QED) is 0.0946. The maximum atomic E-state index is 13.2. The Morgan fingerprint density at radius 1 is 0.712 bits per heavy atom. The number of hydrogen-bond acceptors (Lipinski definition) is 6. The Labute approximate surface area is 303 Å². The normalized spacial score (nSPS) is 12.9. The van der Waals surface area contributed by atoms with Crippen LogP contribution in [-0.2, 0) is 23.2 Å². The molecule has 52 heavy (non-hydrogen) atoms. The number of aryl methyl sites for hydroxylation is 1. The first-order valence-corrected chi connectivity index (χ1v) is 18.0. The molecule has 0 radical (unpaired) electrons. The van der Waals surface area contributed by atoms with Crippen LogP contribution in [0, 0.1) is 0 Å². The predicted molar refractivity (Wildman–Crippen MR) is 202 cm³/mol. The van der Waals surface area contributed by atoms with Gasteiger partial charge in [-0.1, -0.05) is 140 Å². The highest BCUT2D eigenvalue weighted by Gasteiger charge is 2.41. The lowest BCUT2D eigenvalue weighted by molar-refractivity contribution is 0.0523. The minimum atomic E-state index is -0.863. The van der Waals surface area contributed by atoms with Gasteiger partial charge in [-0.15, -0.1) is 15.0 Å². The molecule has 8 rings (SSSR count). The molecule has 0 N–H and O–H groups in total. The van der Waals surface area contributed by atoms with Gasteiger partial charge in [0, 0.05) is 24.4 Å². The number of ether oxygens (including phenoxy) is 1. The Morgan fingerprint density at radius 3 is 1.81 bits per heavy atom. The average Bonchev–Trinajstić information content (AvgIpc) is 3.82. The maximum Gasteiger partial charge on any atom is 0.341 e. The molecule has 258 valence electrons. The average molecular weight is 685 g/mol. The van der Waals surface area contributed by atoms with Gasteiger partial charge in [-0.05, 0) is 65.3 Å². The number of benzene rings is 5.